The molecule has 0 aromatic heterocycles. The second-order valence-corrected chi connectivity index (χ2v) is 4.52. The molecule has 0 saturated carbocycles. The zero-order valence-corrected chi connectivity index (χ0v) is 12.2. The smallest absolute Gasteiger partial charge is 0.340 e. The van der Waals surface area contributed by atoms with Gasteiger partial charge in [0.2, 0.25) is 0 Å². The Morgan fingerprint density at radius 1 is 1.30 bits per heavy atom. The Labute approximate surface area is 118 Å². The molecule has 0 radical (unpaired) electrons. The number of nitrogens with zero attached hydrogens (tertiary/aromatic N) is 1. The number of esters is 1. The summed E-state index contributed by atoms with van der Waals surface area (Å²) in [4.78, 5) is 24.7. The van der Waals surface area contributed by atoms with Gasteiger partial charge in [0.1, 0.15) is 5.75 Å². The Morgan fingerprint density at radius 3 is 2.50 bits per heavy atom. The first-order valence-electron chi connectivity index (χ1n) is 6.27. The van der Waals surface area contributed by atoms with Crippen LogP contribution in [0.4, 0.5) is 5.69 Å². The normalized spacial score (nSPS) is 10.0. The van der Waals surface area contributed by atoms with Crippen molar-refractivity contribution in [1.82, 2.24) is 4.90 Å². The van der Waals surface area contributed by atoms with Crippen LogP contribution in [0.15, 0.2) is 12.1 Å². The fourth-order valence-electron chi connectivity index (χ4n) is 1.53. The minimum atomic E-state index is -0.502. The van der Waals surface area contributed by atoms with Crippen molar-refractivity contribution >= 4 is 17.6 Å². The van der Waals surface area contributed by atoms with E-state index in [1.807, 2.05) is 6.92 Å². The van der Waals surface area contributed by atoms with Crippen molar-refractivity contribution in [2.75, 3.05) is 33.0 Å². The van der Waals surface area contributed by atoms with Crippen LogP contribution in [0.25, 0.3) is 0 Å². The predicted molar refractivity (Wildman–Crippen MR) is 75.7 cm³/mol. The van der Waals surface area contributed by atoms with Crippen molar-refractivity contribution in [2.24, 2.45) is 0 Å². The van der Waals surface area contributed by atoms with Gasteiger partial charge in [0.25, 0.3) is 5.91 Å². The molecule has 6 heteroatoms. The summed E-state index contributed by atoms with van der Waals surface area (Å²) < 4.78 is 10.3. The van der Waals surface area contributed by atoms with Crippen LogP contribution >= 0.6 is 0 Å². The van der Waals surface area contributed by atoms with Gasteiger partial charge in [-0.1, -0.05) is 0 Å². The van der Waals surface area contributed by atoms with Crippen LogP contribution in [0, 0.1) is 6.92 Å². The lowest BCUT2D eigenvalue weighted by molar-refractivity contribution is -0.130. The summed E-state index contributed by atoms with van der Waals surface area (Å²) in [5.41, 5.74) is 7.13. The third-order valence-electron chi connectivity index (χ3n) is 2.63. The summed E-state index contributed by atoms with van der Waals surface area (Å²) in [5.74, 6) is -0.385. The number of nitrogen functional groups attached to an aromatic ring is 1. The molecule has 0 bridgehead atoms. The number of carbonyl (C=O) groups excluding carboxylic acids is 2. The number of carbonyl (C=O) groups is 2. The molecular weight excluding hydrogens is 260 g/mol. The van der Waals surface area contributed by atoms with Crippen LogP contribution < -0.4 is 10.5 Å². The highest BCUT2D eigenvalue weighted by molar-refractivity contribution is 5.97. The third-order valence-corrected chi connectivity index (χ3v) is 2.63. The van der Waals surface area contributed by atoms with Gasteiger partial charge in [-0.3, -0.25) is 4.79 Å². The molecule has 2 N–H and O–H groups in total. The molecule has 110 valence electrons. The fourth-order valence-corrected chi connectivity index (χ4v) is 1.53. The summed E-state index contributed by atoms with van der Waals surface area (Å²) in [6.45, 7) is 3.66. The number of nitrogens with two attached hydrogens (primary N) is 1. The van der Waals surface area contributed by atoms with Gasteiger partial charge in [-0.25, -0.2) is 4.79 Å². The lowest BCUT2D eigenvalue weighted by Gasteiger charge is -2.15. The first-order chi connectivity index (χ1) is 9.36. The zero-order valence-electron chi connectivity index (χ0n) is 12.2. The van der Waals surface area contributed by atoms with Gasteiger partial charge in [-0.15, -0.1) is 0 Å². The molecule has 0 fully saturated rings. The Kier molecular flexibility index (Phi) is 5.37. The topological polar surface area (TPSA) is 81.9 Å². The molecule has 0 spiro atoms. The van der Waals surface area contributed by atoms with Crippen LogP contribution in [0.2, 0.25) is 0 Å². The van der Waals surface area contributed by atoms with Crippen LogP contribution in [-0.2, 0) is 9.53 Å². The molecular formula is C14H20N2O4. The van der Waals surface area contributed by atoms with Gasteiger partial charge in [-0.05, 0) is 31.5 Å². The molecule has 1 amide bonds. The van der Waals surface area contributed by atoms with Crippen LogP contribution in [-0.4, -0.2) is 44.1 Å². The van der Waals surface area contributed by atoms with Crippen molar-refractivity contribution in [2.45, 2.75) is 13.8 Å². The molecule has 1 rings (SSSR count). The van der Waals surface area contributed by atoms with Crippen molar-refractivity contribution in [3.63, 3.8) is 0 Å². The fraction of sp³-hybridized carbons (Fsp3) is 0.429. The number of aryl methyl sites for hydroxylation is 1. The molecule has 0 heterocycles. The van der Waals surface area contributed by atoms with Gasteiger partial charge in [0.15, 0.2) is 6.61 Å². The third kappa shape index (κ3) is 3.88. The van der Waals surface area contributed by atoms with Crippen LogP contribution in [0.1, 0.15) is 22.8 Å². The molecule has 0 saturated heterocycles. The average molecular weight is 280 g/mol. The number of ether oxygens (including phenoxy) is 2. The summed E-state index contributed by atoms with van der Waals surface area (Å²) in [5, 5.41) is 0. The van der Waals surface area contributed by atoms with Gasteiger partial charge in [0, 0.05) is 14.1 Å². The lowest BCUT2D eigenvalue weighted by Crippen LogP contribution is -2.27. The minimum absolute atomic E-state index is 0.136. The standard InChI is InChI=1S/C14H20N2O4/c1-5-19-14(18)10-6-9(2)7-11(13(10)15)20-8-12(17)16(3)4/h6-7H,5,8,15H2,1-4H3. The monoisotopic (exact) mass is 280 g/mol. The zero-order chi connectivity index (χ0) is 15.3. The van der Waals surface area contributed by atoms with E-state index in [-0.39, 0.29) is 30.4 Å². The highest BCUT2D eigenvalue weighted by Gasteiger charge is 2.16. The van der Waals surface area contributed by atoms with E-state index in [1.54, 1.807) is 33.2 Å². The van der Waals surface area contributed by atoms with Crippen molar-refractivity contribution < 1.29 is 19.1 Å². The highest BCUT2D eigenvalue weighted by atomic mass is 16.5. The van der Waals surface area contributed by atoms with E-state index in [1.165, 1.54) is 4.90 Å². The maximum absolute atomic E-state index is 11.8. The number of hydrogen-bond acceptors (Lipinski definition) is 5. The minimum Gasteiger partial charge on any atom is -0.482 e. The summed E-state index contributed by atoms with van der Waals surface area (Å²) in [7, 11) is 3.27. The Balaban J connectivity index is 2.97. The lowest BCUT2D eigenvalue weighted by atomic mass is 10.1. The maximum atomic E-state index is 11.8. The van der Waals surface area contributed by atoms with E-state index in [9.17, 15) is 9.59 Å². The number of amides is 1. The molecule has 20 heavy (non-hydrogen) atoms. The Hall–Kier alpha value is -2.24. The quantitative estimate of drug-likeness (QED) is 0.648. The van der Waals surface area contributed by atoms with Crippen molar-refractivity contribution in [3.05, 3.63) is 23.3 Å². The predicted octanol–water partition coefficient (Wildman–Crippen LogP) is 1.22. The molecule has 1 aromatic rings. The Bertz CT molecular complexity index is 512. The first kappa shape index (κ1) is 15.8. The van der Waals surface area contributed by atoms with Crippen LogP contribution in [0.3, 0.4) is 0 Å². The molecule has 0 atom stereocenters. The van der Waals surface area contributed by atoms with Gasteiger partial charge in [-0.2, -0.15) is 0 Å². The summed E-state index contributed by atoms with van der Waals surface area (Å²) >= 11 is 0. The first-order valence-corrected chi connectivity index (χ1v) is 6.27. The van der Waals surface area contributed by atoms with E-state index >= 15 is 0 Å². The number of benzene rings is 1. The maximum Gasteiger partial charge on any atom is 0.340 e. The van der Waals surface area contributed by atoms with E-state index in [0.29, 0.717) is 5.75 Å². The van der Waals surface area contributed by atoms with E-state index in [0.717, 1.165) is 5.56 Å². The molecule has 6 nitrogen and oxygen atoms in total. The number of hydrogen-bond donors (Lipinski definition) is 1. The Morgan fingerprint density at radius 2 is 1.95 bits per heavy atom. The average Bonchev–Trinajstić information content (AvgIpc) is 2.38. The van der Waals surface area contributed by atoms with E-state index < -0.39 is 5.97 Å². The number of anilines is 1. The molecule has 0 aliphatic rings. The number of rotatable bonds is 5. The van der Waals surface area contributed by atoms with Gasteiger partial charge in [0.05, 0.1) is 17.9 Å². The SMILES string of the molecule is CCOC(=O)c1cc(C)cc(OCC(=O)N(C)C)c1N. The second kappa shape index (κ2) is 6.79. The summed E-state index contributed by atoms with van der Waals surface area (Å²) in [6.07, 6.45) is 0. The molecule has 0 unspecified atom stereocenters. The second-order valence-electron chi connectivity index (χ2n) is 4.52. The van der Waals surface area contributed by atoms with E-state index in [2.05, 4.69) is 0 Å². The van der Waals surface area contributed by atoms with Crippen LogP contribution in [0.5, 0.6) is 5.75 Å². The molecule has 1 aromatic carbocycles. The van der Waals surface area contributed by atoms with Gasteiger partial charge >= 0.3 is 5.97 Å². The van der Waals surface area contributed by atoms with E-state index in [4.69, 9.17) is 15.2 Å². The largest absolute Gasteiger partial charge is 0.482 e. The van der Waals surface area contributed by atoms with Crippen molar-refractivity contribution in [1.29, 1.82) is 0 Å². The summed E-state index contributed by atoms with van der Waals surface area (Å²) in [6, 6.07) is 3.31. The van der Waals surface area contributed by atoms with Gasteiger partial charge < -0.3 is 20.1 Å². The highest BCUT2D eigenvalue weighted by Crippen LogP contribution is 2.28. The van der Waals surface area contributed by atoms with Crippen molar-refractivity contribution in [3.8, 4) is 5.75 Å². The molecule has 0 aliphatic carbocycles. The molecule has 0 aliphatic heterocycles. The number of likely N-dealkylation sites (N-methyl/N-ethyl adjacent to an activating group) is 1.